The molecule has 2 nitrogen and oxygen atoms in total. The number of para-hydroxylation sites is 1. The summed E-state index contributed by atoms with van der Waals surface area (Å²) in [7, 11) is 0. The van der Waals surface area contributed by atoms with Gasteiger partial charge in [0.25, 0.3) is 0 Å². The van der Waals surface area contributed by atoms with E-state index in [1.807, 2.05) is 0 Å². The summed E-state index contributed by atoms with van der Waals surface area (Å²) in [5.41, 5.74) is 25.4. The first-order valence-electron chi connectivity index (χ1n) is 23.0. The third-order valence-corrected chi connectivity index (χ3v) is 15.7. The quantitative estimate of drug-likeness (QED) is 0.178. The number of hydrogen-bond acceptors (Lipinski definition) is 2. The van der Waals surface area contributed by atoms with Crippen molar-refractivity contribution in [2.75, 3.05) is 10.1 Å². The zero-order chi connectivity index (χ0) is 43.3. The van der Waals surface area contributed by atoms with Crippen molar-refractivity contribution in [3.05, 3.63) is 215 Å². The minimum atomic E-state index is -0.315. The van der Waals surface area contributed by atoms with Crippen molar-refractivity contribution in [3.8, 4) is 44.5 Å². The molecule has 2 aliphatic heterocycles. The van der Waals surface area contributed by atoms with Gasteiger partial charge in [-0.3, -0.25) is 0 Å². The third kappa shape index (κ3) is 4.93. The topological polar surface area (TPSA) is 15.3 Å². The van der Waals surface area contributed by atoms with Crippen LogP contribution in [0.4, 0.5) is 22.7 Å². The van der Waals surface area contributed by atoms with Gasteiger partial charge in [0.2, 0.25) is 0 Å². The van der Waals surface area contributed by atoms with Crippen LogP contribution in [0.2, 0.25) is 0 Å². The second-order valence-electron chi connectivity index (χ2n) is 20.1. The molecule has 0 amide bonds. The maximum Gasteiger partial charge on any atom is 0.333 e. The summed E-state index contributed by atoms with van der Waals surface area (Å²) in [6.07, 6.45) is 0. The van der Waals surface area contributed by atoms with Crippen LogP contribution in [-0.2, 0) is 16.2 Å². The highest BCUT2D eigenvalue weighted by molar-refractivity contribution is 6.93. The lowest BCUT2D eigenvalue weighted by atomic mass is 9.42. The van der Waals surface area contributed by atoms with Gasteiger partial charge in [0.05, 0.1) is 0 Å². The highest BCUT2D eigenvalue weighted by Crippen LogP contribution is 2.59. The Hall–Kier alpha value is -7.10. The van der Waals surface area contributed by atoms with Crippen LogP contribution < -0.4 is 21.1 Å². The van der Waals surface area contributed by atoms with E-state index in [1.54, 1.807) is 0 Å². The number of nitrogens with one attached hydrogen (secondary N) is 1. The van der Waals surface area contributed by atoms with Crippen LogP contribution >= 0.6 is 0 Å². The fraction of sp³-hybridized carbons (Fsp3) is 0.148. The SMILES string of the molecule is CC(C)(c1ccc2ccccc2c1)c1cccc2c1Nc1cc3c(c4c1B2N(c1cccc2c1C(C)(C)c1ccccc1-2)c1cc(-c2ccccc2)ccc1-4)-c1ccccc1C3(C)C. The Morgan fingerprint density at radius 2 is 1.17 bits per heavy atom. The lowest BCUT2D eigenvalue weighted by Crippen LogP contribution is -2.61. The van der Waals surface area contributed by atoms with Gasteiger partial charge in [-0.1, -0.05) is 205 Å². The van der Waals surface area contributed by atoms with Gasteiger partial charge in [-0.05, 0) is 112 Å². The van der Waals surface area contributed by atoms with Crippen LogP contribution in [0.3, 0.4) is 0 Å². The first-order chi connectivity index (χ1) is 31.0. The molecule has 0 bridgehead atoms. The van der Waals surface area contributed by atoms with E-state index in [4.69, 9.17) is 0 Å². The molecular formula is C61H49BN2. The molecule has 0 unspecified atom stereocenters. The maximum atomic E-state index is 4.25. The average Bonchev–Trinajstić information content (AvgIpc) is 3.70. The van der Waals surface area contributed by atoms with E-state index in [0.29, 0.717) is 0 Å². The van der Waals surface area contributed by atoms with Crippen LogP contribution in [0.5, 0.6) is 0 Å². The number of fused-ring (bicyclic) bond motifs is 12. The van der Waals surface area contributed by atoms with Crippen LogP contribution in [0.1, 0.15) is 74.9 Å². The third-order valence-electron chi connectivity index (χ3n) is 15.7. The lowest BCUT2D eigenvalue weighted by Gasteiger charge is -2.46. The highest BCUT2D eigenvalue weighted by atomic mass is 15.1. The smallest absolute Gasteiger partial charge is 0.333 e. The Labute approximate surface area is 377 Å². The summed E-state index contributed by atoms with van der Waals surface area (Å²) in [6.45, 7) is 14.4. The van der Waals surface area contributed by atoms with E-state index >= 15 is 0 Å². The first kappa shape index (κ1) is 37.5. The zero-order valence-electron chi connectivity index (χ0n) is 37.3. The molecule has 306 valence electrons. The Balaban J connectivity index is 1.15. The first-order valence-corrected chi connectivity index (χ1v) is 23.0. The van der Waals surface area contributed by atoms with E-state index in [2.05, 4.69) is 234 Å². The highest BCUT2D eigenvalue weighted by Gasteiger charge is 2.50. The molecule has 64 heavy (non-hydrogen) atoms. The Morgan fingerprint density at radius 3 is 1.98 bits per heavy atom. The van der Waals surface area contributed by atoms with Gasteiger partial charge < -0.3 is 10.1 Å². The largest absolute Gasteiger partial charge is 0.376 e. The molecule has 0 atom stereocenters. The zero-order valence-corrected chi connectivity index (χ0v) is 37.3. The molecule has 0 aromatic heterocycles. The summed E-state index contributed by atoms with van der Waals surface area (Å²) < 4.78 is 0. The molecule has 13 rings (SSSR count). The van der Waals surface area contributed by atoms with E-state index in [1.165, 1.54) is 122 Å². The Kier molecular flexibility index (Phi) is 7.60. The fourth-order valence-corrected chi connectivity index (χ4v) is 12.5. The van der Waals surface area contributed by atoms with Crippen LogP contribution in [-0.4, -0.2) is 6.85 Å². The van der Waals surface area contributed by atoms with Gasteiger partial charge >= 0.3 is 6.85 Å². The Bertz CT molecular complexity index is 3460. The van der Waals surface area contributed by atoms with Crippen molar-refractivity contribution in [2.45, 2.75) is 57.8 Å². The normalized spacial score (nSPS) is 15.3. The summed E-state index contributed by atoms with van der Waals surface area (Å²) in [6, 6.07) is 68.9. The second kappa shape index (κ2) is 13.0. The molecule has 2 aliphatic carbocycles. The minimum absolute atomic E-state index is 0.126. The van der Waals surface area contributed by atoms with Gasteiger partial charge in [-0.2, -0.15) is 0 Å². The molecule has 4 aliphatic rings. The fourth-order valence-electron chi connectivity index (χ4n) is 12.5. The van der Waals surface area contributed by atoms with Crippen molar-refractivity contribution >= 4 is 51.3 Å². The lowest BCUT2D eigenvalue weighted by molar-refractivity contribution is 0.644. The maximum absolute atomic E-state index is 4.25. The van der Waals surface area contributed by atoms with Crippen molar-refractivity contribution in [1.82, 2.24) is 0 Å². The number of benzene rings is 9. The van der Waals surface area contributed by atoms with E-state index < -0.39 is 0 Å². The Morgan fingerprint density at radius 1 is 0.484 bits per heavy atom. The second-order valence-corrected chi connectivity index (χ2v) is 20.1. The molecule has 3 heteroatoms. The minimum Gasteiger partial charge on any atom is -0.376 e. The van der Waals surface area contributed by atoms with E-state index in [9.17, 15) is 0 Å². The van der Waals surface area contributed by atoms with Crippen molar-refractivity contribution in [2.24, 2.45) is 0 Å². The average molecular weight is 821 g/mol. The molecule has 1 N–H and O–H groups in total. The summed E-state index contributed by atoms with van der Waals surface area (Å²) in [4.78, 5) is 2.75. The number of anilines is 4. The van der Waals surface area contributed by atoms with Crippen molar-refractivity contribution < 1.29 is 0 Å². The summed E-state index contributed by atoms with van der Waals surface area (Å²) in [5, 5.41) is 6.78. The summed E-state index contributed by atoms with van der Waals surface area (Å²) in [5.74, 6) is 0. The molecule has 9 aromatic rings. The molecule has 0 spiro atoms. The van der Waals surface area contributed by atoms with Crippen molar-refractivity contribution in [3.63, 3.8) is 0 Å². The van der Waals surface area contributed by atoms with Gasteiger partial charge in [0, 0.05) is 44.6 Å². The van der Waals surface area contributed by atoms with Crippen LogP contribution in [0, 0.1) is 0 Å². The molecule has 2 heterocycles. The molecule has 9 aromatic carbocycles. The molecule has 0 radical (unpaired) electrons. The van der Waals surface area contributed by atoms with Gasteiger partial charge in [0.1, 0.15) is 0 Å². The molecule has 0 fully saturated rings. The van der Waals surface area contributed by atoms with Gasteiger partial charge in [0.15, 0.2) is 0 Å². The van der Waals surface area contributed by atoms with Gasteiger partial charge in [-0.25, -0.2) is 0 Å². The predicted molar refractivity (Wildman–Crippen MR) is 272 cm³/mol. The number of rotatable bonds is 4. The van der Waals surface area contributed by atoms with Crippen molar-refractivity contribution in [1.29, 1.82) is 0 Å². The van der Waals surface area contributed by atoms with Crippen LogP contribution in [0.25, 0.3) is 55.3 Å². The molecule has 0 saturated heterocycles. The number of hydrogen-bond donors (Lipinski definition) is 1. The monoisotopic (exact) mass is 820 g/mol. The standard InChI is InChI=1S/C61H49BN2/c1-59(2,41-32-30-38-20-10-11-21-39(38)34-41)48-27-17-28-50-58(48)63-51-36-49-54(44-23-13-15-26-47(44)60(49,3)4)55-45-33-31-40(37-18-8-7-9-19-37)35-53(45)64(62(50)57(51)55)52-29-16-24-43-42-22-12-14-25-46(42)61(5,6)56(43)52/h7-36,63H,1-6H3. The van der Waals surface area contributed by atoms with Gasteiger partial charge in [-0.15, -0.1) is 0 Å². The van der Waals surface area contributed by atoms with E-state index in [-0.39, 0.29) is 23.1 Å². The number of nitrogens with zero attached hydrogens (tertiary/aromatic N) is 1. The van der Waals surface area contributed by atoms with E-state index in [0.717, 1.165) is 0 Å². The molecule has 0 saturated carbocycles. The van der Waals surface area contributed by atoms with Crippen LogP contribution in [0.15, 0.2) is 182 Å². The molecular weight excluding hydrogens is 771 g/mol. The summed E-state index contributed by atoms with van der Waals surface area (Å²) >= 11 is 0. The predicted octanol–water partition coefficient (Wildman–Crippen LogP) is 14.4.